The Bertz CT molecular complexity index is 110. The van der Waals surface area contributed by atoms with Gasteiger partial charge in [-0.05, 0) is 24.4 Å². The van der Waals surface area contributed by atoms with Crippen molar-refractivity contribution in [3.8, 4) is 0 Å². The van der Waals surface area contributed by atoms with E-state index in [2.05, 4.69) is 35.5 Å². The maximum absolute atomic E-state index is 7.98. The molecule has 0 saturated carbocycles. The first kappa shape index (κ1) is 23.1. The average Bonchev–Trinajstić information content (AvgIpc) is 1.91. The van der Waals surface area contributed by atoms with Crippen LogP contribution in [0.4, 0.5) is 0 Å². The number of hydrogen-bond donors (Lipinski definition) is 5. The third-order valence-corrected chi connectivity index (χ3v) is 0.418. The quantitative estimate of drug-likeness (QED) is 0.268. The molecule has 0 radical (unpaired) electrons. The first-order valence-electron chi connectivity index (χ1n) is 2.34. The van der Waals surface area contributed by atoms with Gasteiger partial charge in [-0.1, -0.05) is 0 Å². The van der Waals surface area contributed by atoms with Crippen molar-refractivity contribution in [2.75, 3.05) is 14.2 Å². The molecule has 6 N–H and O–H groups in total. The van der Waals surface area contributed by atoms with Crippen molar-refractivity contribution in [1.29, 1.82) is 0 Å². The molecule has 0 aliphatic carbocycles. The molecule has 0 spiro atoms. The number of nitrogens with one attached hydrogen (secondary N) is 1. The van der Waals surface area contributed by atoms with Crippen LogP contribution in [0.2, 0.25) is 0 Å². The Morgan fingerprint density at radius 1 is 1.25 bits per heavy atom. The van der Waals surface area contributed by atoms with Crippen LogP contribution in [0.3, 0.4) is 0 Å². The normalized spacial score (nSPS) is 5.25. The summed E-state index contributed by atoms with van der Waals surface area (Å²) >= 11 is 8.01. The SMILES string of the molecule is CNC(O)=S.CO.NC(O)=S.[KH]. The summed E-state index contributed by atoms with van der Waals surface area (Å²) in [7, 11) is 2.56. The van der Waals surface area contributed by atoms with Crippen LogP contribution < -0.4 is 11.1 Å². The fourth-order valence-electron chi connectivity index (χ4n) is 0. The van der Waals surface area contributed by atoms with E-state index in [0.717, 1.165) is 7.11 Å². The maximum atomic E-state index is 7.98. The van der Waals surface area contributed by atoms with Gasteiger partial charge in [0, 0.05) is 14.2 Å². The zero-order valence-corrected chi connectivity index (χ0v) is 7.87. The average molecular weight is 240 g/mol. The molecular formula is C4H13KN2O3S2. The number of aliphatic hydroxyl groups excluding tert-OH is 3. The van der Waals surface area contributed by atoms with Crippen molar-refractivity contribution < 1.29 is 15.3 Å². The summed E-state index contributed by atoms with van der Waals surface area (Å²) in [5.74, 6) is 0. The molecule has 0 rings (SSSR count). The van der Waals surface area contributed by atoms with E-state index in [1.54, 1.807) is 7.05 Å². The number of thiocarbonyl (C=S) groups is 2. The van der Waals surface area contributed by atoms with Crippen LogP contribution in [-0.4, -0.2) is 91.2 Å². The Morgan fingerprint density at radius 3 is 1.33 bits per heavy atom. The Balaban J connectivity index is -0.0000000419. The monoisotopic (exact) mass is 240 g/mol. The number of rotatable bonds is 0. The Kier molecular flexibility index (Phi) is 43.7. The predicted molar refractivity (Wildman–Crippen MR) is 59.0 cm³/mol. The van der Waals surface area contributed by atoms with E-state index in [1.165, 1.54) is 0 Å². The van der Waals surface area contributed by atoms with Crippen molar-refractivity contribution in [1.82, 2.24) is 5.32 Å². The van der Waals surface area contributed by atoms with Gasteiger partial charge in [0.05, 0.1) is 0 Å². The first-order valence-corrected chi connectivity index (χ1v) is 3.16. The fourth-order valence-corrected chi connectivity index (χ4v) is 0. The molecule has 0 aromatic heterocycles. The molecule has 0 heterocycles. The Morgan fingerprint density at radius 2 is 1.33 bits per heavy atom. The van der Waals surface area contributed by atoms with E-state index in [1.807, 2.05) is 0 Å². The molecule has 5 nitrogen and oxygen atoms in total. The molecule has 0 aliphatic heterocycles. The zero-order valence-electron chi connectivity index (χ0n) is 6.24. The number of hydrogen-bond acceptors (Lipinski definition) is 3. The van der Waals surface area contributed by atoms with Gasteiger partial charge in [-0.15, -0.1) is 0 Å². The van der Waals surface area contributed by atoms with Crippen LogP contribution >= 0.6 is 24.4 Å². The summed E-state index contributed by atoms with van der Waals surface area (Å²) in [5.41, 5.74) is 4.40. The van der Waals surface area contributed by atoms with Gasteiger partial charge in [-0.3, -0.25) is 0 Å². The molecule has 70 valence electrons. The summed E-state index contributed by atoms with van der Waals surface area (Å²) in [6.07, 6.45) is 0. The third kappa shape index (κ3) is 123. The van der Waals surface area contributed by atoms with Gasteiger partial charge in [0.25, 0.3) is 10.3 Å². The molecule has 12 heavy (non-hydrogen) atoms. The summed E-state index contributed by atoms with van der Waals surface area (Å²) < 4.78 is 0. The molecule has 0 amide bonds. The molecule has 0 saturated heterocycles. The van der Waals surface area contributed by atoms with Crippen LogP contribution in [-0.2, 0) is 0 Å². The van der Waals surface area contributed by atoms with Crippen molar-refractivity contribution in [2.24, 2.45) is 5.73 Å². The van der Waals surface area contributed by atoms with Crippen LogP contribution in [0, 0.1) is 0 Å². The fraction of sp³-hybridized carbons (Fsp3) is 0.500. The van der Waals surface area contributed by atoms with Gasteiger partial charge >= 0.3 is 51.4 Å². The van der Waals surface area contributed by atoms with E-state index in [-0.39, 0.29) is 56.6 Å². The van der Waals surface area contributed by atoms with Crippen molar-refractivity contribution >= 4 is 86.2 Å². The van der Waals surface area contributed by atoms with Crippen molar-refractivity contribution in [3.63, 3.8) is 0 Å². The molecular weight excluding hydrogens is 227 g/mol. The van der Waals surface area contributed by atoms with E-state index >= 15 is 0 Å². The zero-order chi connectivity index (χ0) is 9.86. The summed E-state index contributed by atoms with van der Waals surface area (Å²) in [5, 5.41) is 24.2. The minimum absolute atomic E-state index is 0. The molecule has 0 aromatic rings. The van der Waals surface area contributed by atoms with Gasteiger partial charge in [-0.2, -0.15) is 0 Å². The van der Waals surface area contributed by atoms with Crippen molar-refractivity contribution in [3.05, 3.63) is 0 Å². The molecule has 0 aromatic carbocycles. The Hall–Kier alpha value is 0.976. The van der Waals surface area contributed by atoms with Gasteiger partial charge in [0.1, 0.15) is 0 Å². The van der Waals surface area contributed by atoms with Gasteiger partial charge in [0.15, 0.2) is 0 Å². The van der Waals surface area contributed by atoms with E-state index in [0.29, 0.717) is 0 Å². The molecule has 0 bridgehead atoms. The molecule has 0 fully saturated rings. The van der Waals surface area contributed by atoms with E-state index < -0.39 is 5.17 Å². The van der Waals surface area contributed by atoms with Gasteiger partial charge < -0.3 is 26.4 Å². The predicted octanol–water partition coefficient (Wildman–Crippen LogP) is -1.20. The van der Waals surface area contributed by atoms with Crippen LogP contribution in [0.5, 0.6) is 0 Å². The van der Waals surface area contributed by atoms with Crippen molar-refractivity contribution in [2.45, 2.75) is 0 Å². The Labute approximate surface area is 125 Å². The molecule has 0 unspecified atom stereocenters. The first-order chi connectivity index (χ1) is 5.00. The topological polar surface area (TPSA) is 98.7 Å². The van der Waals surface area contributed by atoms with Crippen LogP contribution in [0.15, 0.2) is 0 Å². The third-order valence-electron chi connectivity index (χ3n) is 0.214. The molecule has 0 atom stereocenters. The number of aliphatic hydroxyl groups is 3. The molecule has 0 aliphatic rings. The second kappa shape index (κ2) is 22.7. The number of nitrogens with two attached hydrogens (primary N) is 1. The standard InChI is InChI=1S/C2H5NOS.CH3NOS.CH4O.K.H/c1-3-2(4)5;2-1(3)4;1-2;;/h1H3,(H2,3,4,5);(H3,2,3,4);2H,1H3;;. The van der Waals surface area contributed by atoms with Gasteiger partial charge in [-0.25, -0.2) is 0 Å². The van der Waals surface area contributed by atoms with E-state index in [4.69, 9.17) is 15.3 Å². The molecule has 8 heteroatoms. The van der Waals surface area contributed by atoms with Crippen LogP contribution in [0.25, 0.3) is 0 Å². The van der Waals surface area contributed by atoms with Crippen LogP contribution in [0.1, 0.15) is 0 Å². The van der Waals surface area contributed by atoms with Gasteiger partial charge in [0.2, 0.25) is 0 Å². The summed E-state index contributed by atoms with van der Waals surface area (Å²) in [6, 6.07) is 0. The minimum atomic E-state index is -0.500. The summed E-state index contributed by atoms with van der Waals surface area (Å²) in [6.45, 7) is 0. The summed E-state index contributed by atoms with van der Waals surface area (Å²) in [4.78, 5) is 0. The second-order valence-electron chi connectivity index (χ2n) is 0.893. The van der Waals surface area contributed by atoms with E-state index in [9.17, 15) is 0 Å². The second-order valence-corrected chi connectivity index (χ2v) is 1.70.